The molecule has 2 fully saturated rings. The number of carboxylic acid groups (broad SMARTS) is 1. The predicted molar refractivity (Wildman–Crippen MR) is 271 cm³/mol. The number of carboxylic acids is 1. The van der Waals surface area contributed by atoms with Crippen LogP contribution in [0.1, 0.15) is 151 Å². The third-order valence-electron chi connectivity index (χ3n) is 16.5. The van der Waals surface area contributed by atoms with Crippen molar-refractivity contribution in [1.82, 2.24) is 15.6 Å². The molecular weight excluding hydrogens is 853 g/mol. The van der Waals surface area contributed by atoms with E-state index in [2.05, 4.69) is 84.9 Å². The number of carbonyl (C=O) groups is 1. The fourth-order valence-electron chi connectivity index (χ4n) is 12.8. The number of aromatic amines is 1. The van der Waals surface area contributed by atoms with E-state index in [4.69, 9.17) is 5.73 Å². The van der Waals surface area contributed by atoms with Crippen LogP contribution in [0.2, 0.25) is 0 Å². The molecule has 0 spiro atoms. The first kappa shape index (κ1) is 51.3. The number of dihydropyridines is 1. The highest BCUT2D eigenvalue weighted by atomic mass is 16.4. The number of aromatic hydroxyl groups is 2. The molecular formula is C57H82N4O7. The molecule has 2 heterocycles. The van der Waals surface area contributed by atoms with Gasteiger partial charge in [-0.1, -0.05) is 95.4 Å². The number of unbranched alkanes of at least 4 members (excludes halogenated alkanes) is 3. The quantitative estimate of drug-likeness (QED) is 0.0407. The van der Waals surface area contributed by atoms with Gasteiger partial charge in [0.1, 0.15) is 11.5 Å². The summed E-state index contributed by atoms with van der Waals surface area (Å²) in [5, 5.41) is 76.3. The Morgan fingerprint density at radius 3 is 2.40 bits per heavy atom. The normalized spacial score (nSPS) is 29.8. The van der Waals surface area contributed by atoms with E-state index >= 15 is 0 Å². The van der Waals surface area contributed by atoms with Gasteiger partial charge in [0, 0.05) is 65.8 Å². The minimum Gasteiger partial charge on any atom is -0.508 e. The lowest BCUT2D eigenvalue weighted by Crippen LogP contribution is -2.51. The highest BCUT2D eigenvalue weighted by Crippen LogP contribution is 2.56. The highest BCUT2D eigenvalue weighted by Gasteiger charge is 2.55. The highest BCUT2D eigenvalue weighted by molar-refractivity contribution is 5.71. The van der Waals surface area contributed by atoms with Gasteiger partial charge in [-0.25, -0.2) is 0 Å². The first-order valence-corrected chi connectivity index (χ1v) is 26.0. The Morgan fingerprint density at radius 2 is 1.69 bits per heavy atom. The lowest BCUT2D eigenvalue weighted by Gasteiger charge is -2.44. The maximum atomic E-state index is 13.4. The summed E-state index contributed by atoms with van der Waals surface area (Å²) in [4.78, 5) is 17.1. The minimum atomic E-state index is -1.23. The Balaban J connectivity index is 1.20. The molecule has 1 aliphatic heterocycles. The maximum Gasteiger partial charge on any atom is 0.309 e. The molecule has 0 saturated heterocycles. The molecule has 11 atom stereocenters. The van der Waals surface area contributed by atoms with E-state index in [1.807, 2.05) is 19.2 Å². The number of H-pyrrole nitrogens is 1. The number of benzene rings is 2. The summed E-state index contributed by atoms with van der Waals surface area (Å²) < 4.78 is 0. The van der Waals surface area contributed by atoms with Crippen LogP contribution in [0.25, 0.3) is 11.3 Å². The van der Waals surface area contributed by atoms with Gasteiger partial charge < -0.3 is 52.0 Å². The topological polar surface area (TPSA) is 204 Å². The summed E-state index contributed by atoms with van der Waals surface area (Å²) in [6.45, 7) is 7.59. The van der Waals surface area contributed by atoms with Gasteiger partial charge in [-0.3, -0.25) is 4.79 Å². The molecule has 11 N–H and O–H groups in total. The third-order valence-corrected chi connectivity index (χ3v) is 16.5. The molecule has 3 aliphatic carbocycles. The number of hydrogen-bond donors (Lipinski definition) is 10. The Hall–Kier alpha value is -4.55. The van der Waals surface area contributed by atoms with Gasteiger partial charge in [-0.2, -0.15) is 0 Å². The van der Waals surface area contributed by atoms with Crippen molar-refractivity contribution in [1.29, 1.82) is 0 Å². The number of phenolic OH excluding ortho intramolecular Hbond substituents is 2. The number of aliphatic hydroxyl groups excluding tert-OH is 2. The molecule has 0 radical (unpaired) electrons. The Morgan fingerprint density at radius 1 is 0.926 bits per heavy atom. The summed E-state index contributed by atoms with van der Waals surface area (Å²) in [6, 6.07) is 15.6. The number of aliphatic carboxylic acids is 1. The van der Waals surface area contributed by atoms with Gasteiger partial charge in [0.15, 0.2) is 0 Å². The van der Waals surface area contributed by atoms with Crippen LogP contribution in [0.3, 0.4) is 0 Å². The molecule has 2 aromatic carbocycles. The zero-order valence-corrected chi connectivity index (χ0v) is 41.2. The average Bonchev–Trinajstić information content (AvgIpc) is 3.91. The van der Waals surface area contributed by atoms with Gasteiger partial charge in [0.05, 0.1) is 29.5 Å². The predicted octanol–water partition coefficient (Wildman–Crippen LogP) is 9.76. The van der Waals surface area contributed by atoms with Crippen LogP contribution in [0.4, 0.5) is 0 Å². The van der Waals surface area contributed by atoms with E-state index in [9.17, 15) is 35.4 Å². The number of phenols is 2. The first-order valence-electron chi connectivity index (χ1n) is 26.0. The Labute approximate surface area is 405 Å². The van der Waals surface area contributed by atoms with Crippen molar-refractivity contribution in [3.05, 3.63) is 107 Å². The third kappa shape index (κ3) is 12.4. The van der Waals surface area contributed by atoms with Crippen LogP contribution >= 0.6 is 0 Å². The smallest absolute Gasteiger partial charge is 0.309 e. The van der Waals surface area contributed by atoms with Gasteiger partial charge in [0.25, 0.3) is 0 Å². The van der Waals surface area contributed by atoms with Crippen LogP contribution in [-0.2, 0) is 11.2 Å². The Bertz CT molecular complexity index is 2210. The van der Waals surface area contributed by atoms with Crippen molar-refractivity contribution in [2.45, 2.75) is 153 Å². The lowest BCUT2D eigenvalue weighted by molar-refractivity contribution is -0.152. The van der Waals surface area contributed by atoms with Gasteiger partial charge in [-0.05, 0) is 142 Å². The lowest BCUT2D eigenvalue weighted by atomic mass is 9.65. The number of rotatable bonds is 19. The second-order valence-electron chi connectivity index (χ2n) is 21.5. The van der Waals surface area contributed by atoms with Gasteiger partial charge >= 0.3 is 5.97 Å². The molecule has 2 saturated carbocycles. The number of nitrogens with one attached hydrogen (secondary N) is 3. The molecule has 4 aliphatic rings. The maximum absolute atomic E-state index is 13.4. The summed E-state index contributed by atoms with van der Waals surface area (Å²) in [5.41, 5.74) is 11.4. The van der Waals surface area contributed by atoms with E-state index in [1.54, 1.807) is 6.07 Å². The van der Waals surface area contributed by atoms with E-state index < -0.39 is 29.5 Å². The van der Waals surface area contributed by atoms with E-state index in [0.29, 0.717) is 74.0 Å². The van der Waals surface area contributed by atoms with E-state index in [0.717, 1.165) is 67.5 Å². The van der Waals surface area contributed by atoms with Crippen molar-refractivity contribution >= 4 is 5.97 Å². The number of allylic oxidation sites excluding steroid dienone is 3. The van der Waals surface area contributed by atoms with Crippen LogP contribution in [0.5, 0.6) is 11.5 Å². The van der Waals surface area contributed by atoms with Gasteiger partial charge in [-0.15, -0.1) is 0 Å². The monoisotopic (exact) mass is 935 g/mol. The van der Waals surface area contributed by atoms with Crippen LogP contribution in [0.15, 0.2) is 84.2 Å². The fourth-order valence-corrected chi connectivity index (χ4v) is 12.8. The second kappa shape index (κ2) is 23.4. The summed E-state index contributed by atoms with van der Waals surface area (Å²) in [5.74, 6) is -1.55. The fraction of sp³-hybridized carbons (Fsp3) is 0.596. The first-order chi connectivity index (χ1) is 32.7. The van der Waals surface area contributed by atoms with Crippen molar-refractivity contribution < 1.29 is 35.4 Å². The summed E-state index contributed by atoms with van der Waals surface area (Å²) in [6.07, 6.45) is 19.5. The molecule has 11 unspecified atom stereocenters. The molecule has 1 aromatic heterocycles. The number of nitrogens with two attached hydrogens (primary N) is 1. The van der Waals surface area contributed by atoms with Gasteiger partial charge in [0.2, 0.25) is 0 Å². The molecule has 68 heavy (non-hydrogen) atoms. The number of aromatic nitrogens is 1. The van der Waals surface area contributed by atoms with Crippen LogP contribution in [0, 0.1) is 41.4 Å². The summed E-state index contributed by atoms with van der Waals surface area (Å²) >= 11 is 0. The number of aliphatic hydroxyl groups is 3. The number of fused-ring (bicyclic) bond motifs is 1. The van der Waals surface area contributed by atoms with Crippen molar-refractivity contribution in [3.63, 3.8) is 0 Å². The number of hydrogen-bond acceptors (Lipinski definition) is 9. The SMILES string of the molecule is CCCCCC1C=CC(CCCCC2CCC(c3ccc(-c4cc(O)cc(O)c4Cc4ccc(C(C)C)cc4)[nH]3)C3CC(CC4=CCNC(N)=C4)CC3(O)C(CNC)CC(O)C2C(=O)O)C(O)C1. The molecule has 3 aromatic rings. The van der Waals surface area contributed by atoms with E-state index in [-0.39, 0.29) is 53.6 Å². The van der Waals surface area contributed by atoms with E-state index in [1.165, 1.54) is 30.9 Å². The Kier molecular flexibility index (Phi) is 17.6. The van der Waals surface area contributed by atoms with Crippen LogP contribution in [-0.4, -0.2) is 79.5 Å². The standard InChI is InChI=1S/C57H82N4O7/c1-5-6-7-10-36-15-18-41(51(63)28-36)11-8-9-12-42-19-20-45(49-21-22-50(61-49)46-31-44(62)32-52(64)47(46)26-37-13-16-40(17-14-37)35(2)3)48-27-39(25-38-23-24-60-54(58)29-38)33-57(48,68)43(34-59-4)30-53(65)55(42)56(66)67/h13-18,21-23,29,31-32,35-36,39,41-43,45,48,51,53,55,59-65,68H,5-12,19-20,24-28,30,33-34,58H2,1-4H3,(H,66,67). The van der Waals surface area contributed by atoms with Crippen molar-refractivity contribution in [2.75, 3.05) is 20.1 Å². The second-order valence-corrected chi connectivity index (χ2v) is 21.5. The average molecular weight is 935 g/mol. The van der Waals surface area contributed by atoms with Crippen molar-refractivity contribution in [3.8, 4) is 22.8 Å². The van der Waals surface area contributed by atoms with Crippen molar-refractivity contribution in [2.24, 2.45) is 47.2 Å². The zero-order valence-electron chi connectivity index (χ0n) is 41.2. The van der Waals surface area contributed by atoms with Crippen LogP contribution < -0.4 is 16.4 Å². The molecule has 11 heteroatoms. The minimum absolute atomic E-state index is 0.00864. The summed E-state index contributed by atoms with van der Waals surface area (Å²) in [7, 11) is 1.85. The molecule has 11 nitrogen and oxygen atoms in total. The largest absolute Gasteiger partial charge is 0.508 e. The molecule has 0 bridgehead atoms. The molecule has 372 valence electrons. The molecule has 0 amide bonds. The molecule has 7 rings (SSSR count). The zero-order chi connectivity index (χ0) is 48.5.